The molecule has 2 aromatic rings. The number of thiazole rings is 1. The Morgan fingerprint density at radius 1 is 1.38 bits per heavy atom. The summed E-state index contributed by atoms with van der Waals surface area (Å²) >= 11 is 1.73. The smallest absolute Gasteiger partial charge is 0.245 e. The number of nitrogens with zero attached hydrogens (tertiary/aromatic N) is 3. The molecule has 24 heavy (non-hydrogen) atoms. The first-order valence-corrected chi connectivity index (χ1v) is 9.43. The van der Waals surface area contributed by atoms with Gasteiger partial charge in [0.05, 0.1) is 5.69 Å². The highest BCUT2D eigenvalue weighted by atomic mass is 32.1. The van der Waals surface area contributed by atoms with E-state index in [9.17, 15) is 9.59 Å². The molecule has 2 fully saturated rings. The van der Waals surface area contributed by atoms with Gasteiger partial charge in [0.2, 0.25) is 11.8 Å². The van der Waals surface area contributed by atoms with E-state index in [1.807, 2.05) is 11.8 Å². The Hall–Kier alpha value is -1.89. The van der Waals surface area contributed by atoms with Crippen LogP contribution < -0.4 is 5.32 Å². The predicted octanol–water partition coefficient (Wildman–Crippen LogP) is 2.00. The molecular weight excluding hydrogens is 324 g/mol. The lowest BCUT2D eigenvalue weighted by molar-refractivity contribution is -0.135. The Balaban J connectivity index is 1.56. The largest absolute Gasteiger partial charge is 0.344 e. The number of carbonyl (C=O) groups excluding carboxylic acids is 2. The zero-order valence-corrected chi connectivity index (χ0v) is 14.9. The summed E-state index contributed by atoms with van der Waals surface area (Å²) in [7, 11) is 0. The van der Waals surface area contributed by atoms with Gasteiger partial charge in [-0.05, 0) is 33.1 Å². The molecule has 2 aliphatic rings. The summed E-state index contributed by atoms with van der Waals surface area (Å²) in [6.07, 6.45) is 3.13. The van der Waals surface area contributed by atoms with E-state index in [-0.39, 0.29) is 23.8 Å². The third-order valence-corrected chi connectivity index (χ3v) is 6.21. The zero-order valence-electron chi connectivity index (χ0n) is 14.0. The minimum absolute atomic E-state index is 0.0117. The Morgan fingerprint density at radius 2 is 2.21 bits per heavy atom. The number of nitrogens with one attached hydrogen (secondary N) is 1. The predicted molar refractivity (Wildman–Crippen MR) is 92.3 cm³/mol. The van der Waals surface area contributed by atoms with Crippen LogP contribution in [-0.2, 0) is 9.59 Å². The monoisotopic (exact) mass is 346 g/mol. The molecule has 2 atom stereocenters. The zero-order chi connectivity index (χ0) is 16.8. The third-order valence-electron chi connectivity index (χ3n) is 5.14. The van der Waals surface area contributed by atoms with Gasteiger partial charge in [-0.15, -0.1) is 11.3 Å². The van der Waals surface area contributed by atoms with Crippen LogP contribution in [0.25, 0.3) is 4.83 Å². The summed E-state index contributed by atoms with van der Waals surface area (Å²) in [6, 6.07) is -0.330. The van der Waals surface area contributed by atoms with E-state index >= 15 is 0 Å². The molecule has 0 radical (unpaired) electrons. The number of amides is 2. The molecule has 0 aromatic carbocycles. The normalized spacial score (nSPS) is 24.6. The van der Waals surface area contributed by atoms with Crippen LogP contribution in [0.5, 0.6) is 0 Å². The average molecular weight is 346 g/mol. The fourth-order valence-corrected chi connectivity index (χ4v) is 5.04. The maximum atomic E-state index is 12.7. The van der Waals surface area contributed by atoms with Crippen molar-refractivity contribution in [3.63, 3.8) is 0 Å². The third kappa shape index (κ3) is 2.51. The molecule has 128 valence electrons. The van der Waals surface area contributed by atoms with Crippen LogP contribution in [0.3, 0.4) is 0 Å². The van der Waals surface area contributed by atoms with Crippen LogP contribution in [-0.4, -0.2) is 45.2 Å². The van der Waals surface area contributed by atoms with E-state index in [4.69, 9.17) is 4.98 Å². The van der Waals surface area contributed by atoms with Crippen molar-refractivity contribution in [3.8, 4) is 0 Å². The average Bonchev–Trinajstić information content (AvgIpc) is 3.26. The van der Waals surface area contributed by atoms with E-state index in [1.54, 1.807) is 11.3 Å². The van der Waals surface area contributed by atoms with Crippen LogP contribution in [0.1, 0.15) is 48.8 Å². The van der Waals surface area contributed by atoms with Crippen molar-refractivity contribution < 1.29 is 9.59 Å². The molecule has 2 amide bonds. The molecule has 4 rings (SSSR count). The number of piperidine rings is 1. The van der Waals surface area contributed by atoms with Gasteiger partial charge in [0.25, 0.3) is 0 Å². The number of aromatic nitrogens is 2. The number of hydrogen-bond acceptors (Lipinski definition) is 4. The van der Waals surface area contributed by atoms with Gasteiger partial charge >= 0.3 is 0 Å². The van der Waals surface area contributed by atoms with Crippen LogP contribution in [0.15, 0.2) is 5.38 Å². The lowest BCUT2D eigenvalue weighted by Gasteiger charge is -2.33. The van der Waals surface area contributed by atoms with Crippen LogP contribution in [0.4, 0.5) is 0 Å². The lowest BCUT2D eigenvalue weighted by Crippen LogP contribution is -2.48. The van der Waals surface area contributed by atoms with Gasteiger partial charge in [0.1, 0.15) is 16.7 Å². The number of carbonyl (C=O) groups is 2. The van der Waals surface area contributed by atoms with Crippen molar-refractivity contribution in [3.05, 3.63) is 22.6 Å². The second-order valence-electron chi connectivity index (χ2n) is 6.84. The summed E-state index contributed by atoms with van der Waals surface area (Å²) in [5.74, 6) is 1.36. The van der Waals surface area contributed by atoms with Crippen LogP contribution >= 0.6 is 11.3 Å². The van der Waals surface area contributed by atoms with Gasteiger partial charge in [0.15, 0.2) is 0 Å². The summed E-state index contributed by atoms with van der Waals surface area (Å²) < 4.78 is 2.21. The van der Waals surface area contributed by atoms with Crippen LogP contribution in [0, 0.1) is 13.8 Å². The molecule has 0 bridgehead atoms. The minimum atomic E-state index is -0.330. The molecule has 4 heterocycles. The Kier molecular flexibility index (Phi) is 3.83. The van der Waals surface area contributed by atoms with Gasteiger partial charge in [-0.3, -0.25) is 14.0 Å². The highest BCUT2D eigenvalue weighted by Crippen LogP contribution is 2.33. The lowest BCUT2D eigenvalue weighted by atomic mass is 9.94. The quantitative estimate of drug-likeness (QED) is 0.904. The molecule has 2 saturated heterocycles. The highest BCUT2D eigenvalue weighted by Gasteiger charge is 2.34. The standard InChI is InChI=1S/C17H22N4O2S/c1-10-9-24-17-15(18-11(2)21(10)17)12-4-3-7-20(8-12)16(23)13-5-6-14(22)19-13/h9,12-13H,3-8H2,1-2H3,(H,19,22). The molecule has 2 unspecified atom stereocenters. The second kappa shape index (κ2) is 5.88. The molecule has 0 aliphatic carbocycles. The Morgan fingerprint density at radius 3 is 2.96 bits per heavy atom. The van der Waals surface area contributed by atoms with Crippen molar-refractivity contribution in [1.29, 1.82) is 0 Å². The molecule has 6 nitrogen and oxygen atoms in total. The summed E-state index contributed by atoms with van der Waals surface area (Å²) in [6.45, 7) is 5.62. The summed E-state index contributed by atoms with van der Waals surface area (Å²) in [5, 5.41) is 4.95. The van der Waals surface area contributed by atoms with Gasteiger partial charge in [-0.2, -0.15) is 0 Å². The number of aryl methyl sites for hydroxylation is 2. The van der Waals surface area contributed by atoms with Crippen molar-refractivity contribution in [2.24, 2.45) is 0 Å². The fraction of sp³-hybridized carbons (Fsp3) is 0.588. The van der Waals surface area contributed by atoms with E-state index in [1.165, 1.54) is 10.5 Å². The van der Waals surface area contributed by atoms with E-state index in [0.717, 1.165) is 30.9 Å². The number of hydrogen-bond donors (Lipinski definition) is 1. The summed E-state index contributed by atoms with van der Waals surface area (Å²) in [4.78, 5) is 32.0. The Labute approximate surface area is 144 Å². The fourth-order valence-electron chi connectivity index (χ4n) is 3.94. The number of rotatable bonds is 2. The van der Waals surface area contributed by atoms with E-state index < -0.39 is 0 Å². The minimum Gasteiger partial charge on any atom is -0.344 e. The number of imidazole rings is 1. The molecule has 0 spiro atoms. The van der Waals surface area contributed by atoms with Gasteiger partial charge < -0.3 is 10.2 Å². The van der Waals surface area contributed by atoms with Crippen molar-refractivity contribution in [2.45, 2.75) is 51.5 Å². The molecule has 1 N–H and O–H groups in total. The first kappa shape index (κ1) is 15.6. The molecule has 2 aromatic heterocycles. The molecule has 2 aliphatic heterocycles. The van der Waals surface area contributed by atoms with E-state index in [2.05, 4.69) is 22.0 Å². The number of fused-ring (bicyclic) bond motifs is 1. The first-order chi connectivity index (χ1) is 11.5. The molecule has 7 heteroatoms. The highest BCUT2D eigenvalue weighted by molar-refractivity contribution is 7.15. The van der Waals surface area contributed by atoms with Crippen molar-refractivity contribution >= 4 is 28.0 Å². The topological polar surface area (TPSA) is 66.7 Å². The first-order valence-electron chi connectivity index (χ1n) is 8.56. The van der Waals surface area contributed by atoms with Crippen molar-refractivity contribution in [2.75, 3.05) is 13.1 Å². The van der Waals surface area contributed by atoms with E-state index in [0.29, 0.717) is 19.4 Å². The Bertz CT molecular complexity index is 809. The molecule has 0 saturated carbocycles. The maximum Gasteiger partial charge on any atom is 0.245 e. The van der Waals surface area contributed by atoms with Gasteiger partial charge in [-0.1, -0.05) is 0 Å². The van der Waals surface area contributed by atoms with Crippen molar-refractivity contribution in [1.82, 2.24) is 19.6 Å². The van der Waals surface area contributed by atoms with Crippen LogP contribution in [0.2, 0.25) is 0 Å². The van der Waals surface area contributed by atoms with Gasteiger partial charge in [0, 0.05) is 36.5 Å². The maximum absolute atomic E-state index is 12.7. The summed E-state index contributed by atoms with van der Waals surface area (Å²) in [5.41, 5.74) is 2.34. The second-order valence-corrected chi connectivity index (χ2v) is 7.70. The number of likely N-dealkylation sites (tertiary alicyclic amines) is 1. The SMILES string of the molecule is Cc1csc2c(C3CCCN(C(=O)C4CCC(=O)N4)C3)nc(C)n12. The molecular formula is C17H22N4O2S. The van der Waals surface area contributed by atoms with Gasteiger partial charge in [-0.25, -0.2) is 4.98 Å².